The molecule has 3 aromatic rings. The zero-order chi connectivity index (χ0) is 15.0. The zero-order valence-electron chi connectivity index (χ0n) is 11.1. The molecule has 1 N–H and O–H groups in total. The van der Waals surface area contributed by atoms with Gasteiger partial charge in [0.05, 0.1) is 28.8 Å². The SMILES string of the molecule is CCOC(=O)c1cncc2[nH]c3ccc([N+](=O)[O-])cc3c12. The molecular formula is C14H11N3O4. The highest BCUT2D eigenvalue weighted by atomic mass is 16.6. The third-order valence-electron chi connectivity index (χ3n) is 3.19. The summed E-state index contributed by atoms with van der Waals surface area (Å²) in [6.07, 6.45) is 2.98. The van der Waals surface area contributed by atoms with E-state index in [2.05, 4.69) is 9.97 Å². The number of non-ortho nitro benzene ring substituents is 1. The molecule has 0 bridgehead atoms. The molecule has 0 radical (unpaired) electrons. The number of benzene rings is 1. The van der Waals surface area contributed by atoms with Crippen LogP contribution < -0.4 is 0 Å². The van der Waals surface area contributed by atoms with Gasteiger partial charge in [-0.1, -0.05) is 0 Å². The lowest BCUT2D eigenvalue weighted by Gasteiger charge is -2.03. The van der Waals surface area contributed by atoms with Gasteiger partial charge in [0.25, 0.3) is 5.69 Å². The van der Waals surface area contributed by atoms with Crippen molar-refractivity contribution in [2.24, 2.45) is 0 Å². The third-order valence-corrected chi connectivity index (χ3v) is 3.19. The van der Waals surface area contributed by atoms with Gasteiger partial charge in [0, 0.05) is 34.6 Å². The lowest BCUT2D eigenvalue weighted by atomic mass is 10.1. The monoisotopic (exact) mass is 285 g/mol. The number of carbonyl (C=O) groups is 1. The maximum Gasteiger partial charge on any atom is 0.340 e. The Balaban J connectivity index is 2.34. The molecule has 0 amide bonds. The van der Waals surface area contributed by atoms with Crippen LogP contribution in [-0.4, -0.2) is 27.5 Å². The van der Waals surface area contributed by atoms with Gasteiger partial charge in [-0.25, -0.2) is 4.79 Å². The molecule has 2 aromatic heterocycles. The number of nitro groups is 1. The van der Waals surface area contributed by atoms with Gasteiger partial charge in [0.2, 0.25) is 0 Å². The number of hydrogen-bond acceptors (Lipinski definition) is 5. The Kier molecular flexibility index (Phi) is 3.02. The largest absolute Gasteiger partial charge is 0.462 e. The van der Waals surface area contributed by atoms with Crippen LogP contribution in [0.1, 0.15) is 17.3 Å². The van der Waals surface area contributed by atoms with E-state index in [1.165, 1.54) is 18.3 Å². The number of rotatable bonds is 3. The average Bonchev–Trinajstić information content (AvgIpc) is 2.84. The van der Waals surface area contributed by atoms with E-state index in [0.29, 0.717) is 27.4 Å². The molecule has 106 valence electrons. The summed E-state index contributed by atoms with van der Waals surface area (Å²) in [6, 6.07) is 4.47. The van der Waals surface area contributed by atoms with E-state index in [0.717, 1.165) is 0 Å². The molecule has 3 rings (SSSR count). The molecule has 0 aliphatic heterocycles. The predicted molar refractivity (Wildman–Crippen MR) is 76.2 cm³/mol. The van der Waals surface area contributed by atoms with E-state index in [4.69, 9.17) is 4.74 Å². The third kappa shape index (κ3) is 2.08. The molecule has 2 heterocycles. The highest BCUT2D eigenvalue weighted by molar-refractivity contribution is 6.16. The Morgan fingerprint density at radius 3 is 2.90 bits per heavy atom. The van der Waals surface area contributed by atoms with Crippen molar-refractivity contribution < 1.29 is 14.5 Å². The fourth-order valence-corrected chi connectivity index (χ4v) is 2.32. The summed E-state index contributed by atoms with van der Waals surface area (Å²) >= 11 is 0. The van der Waals surface area contributed by atoms with E-state index in [-0.39, 0.29) is 12.3 Å². The second kappa shape index (κ2) is 4.86. The molecule has 0 aliphatic rings. The summed E-state index contributed by atoms with van der Waals surface area (Å²) in [4.78, 5) is 29.5. The highest BCUT2D eigenvalue weighted by Crippen LogP contribution is 2.30. The van der Waals surface area contributed by atoms with Gasteiger partial charge in [-0.05, 0) is 13.0 Å². The van der Waals surface area contributed by atoms with E-state index >= 15 is 0 Å². The van der Waals surface area contributed by atoms with Crippen LogP contribution in [0.2, 0.25) is 0 Å². The molecule has 0 saturated carbocycles. The molecule has 0 atom stereocenters. The van der Waals surface area contributed by atoms with Crippen molar-refractivity contribution in [3.63, 3.8) is 0 Å². The van der Waals surface area contributed by atoms with E-state index in [9.17, 15) is 14.9 Å². The predicted octanol–water partition coefficient (Wildman–Crippen LogP) is 2.80. The summed E-state index contributed by atoms with van der Waals surface area (Å²) in [5, 5.41) is 12.1. The molecular weight excluding hydrogens is 274 g/mol. The summed E-state index contributed by atoms with van der Waals surface area (Å²) in [5.41, 5.74) is 1.60. The Labute approximate surface area is 118 Å². The van der Waals surface area contributed by atoms with Gasteiger partial charge in [-0.15, -0.1) is 0 Å². The fourth-order valence-electron chi connectivity index (χ4n) is 2.32. The van der Waals surface area contributed by atoms with Gasteiger partial charge >= 0.3 is 5.97 Å². The van der Waals surface area contributed by atoms with Crippen molar-refractivity contribution in [2.75, 3.05) is 6.61 Å². The number of pyridine rings is 1. The molecule has 0 saturated heterocycles. The minimum Gasteiger partial charge on any atom is -0.462 e. The maximum atomic E-state index is 12.0. The van der Waals surface area contributed by atoms with Gasteiger partial charge in [-0.3, -0.25) is 15.1 Å². The first-order chi connectivity index (χ1) is 10.1. The van der Waals surface area contributed by atoms with Gasteiger partial charge in [0.15, 0.2) is 0 Å². The number of aromatic amines is 1. The van der Waals surface area contributed by atoms with Crippen LogP contribution in [-0.2, 0) is 4.74 Å². The number of ether oxygens (including phenoxy) is 1. The van der Waals surface area contributed by atoms with Crippen molar-refractivity contribution >= 4 is 33.5 Å². The number of hydrogen-bond donors (Lipinski definition) is 1. The molecule has 0 aliphatic carbocycles. The van der Waals surface area contributed by atoms with Gasteiger partial charge in [0.1, 0.15) is 0 Å². The Morgan fingerprint density at radius 1 is 1.38 bits per heavy atom. The smallest absolute Gasteiger partial charge is 0.340 e. The van der Waals surface area contributed by atoms with Crippen LogP contribution >= 0.6 is 0 Å². The van der Waals surface area contributed by atoms with Crippen LogP contribution in [0.5, 0.6) is 0 Å². The van der Waals surface area contributed by atoms with Crippen LogP contribution in [0, 0.1) is 10.1 Å². The number of carbonyl (C=O) groups excluding carboxylic acids is 1. The molecule has 0 fully saturated rings. The lowest BCUT2D eigenvalue weighted by molar-refractivity contribution is -0.384. The topological polar surface area (TPSA) is 98.1 Å². The van der Waals surface area contributed by atoms with Crippen LogP contribution in [0.25, 0.3) is 21.8 Å². The number of aromatic nitrogens is 2. The highest BCUT2D eigenvalue weighted by Gasteiger charge is 2.18. The fraction of sp³-hybridized carbons (Fsp3) is 0.143. The maximum absolute atomic E-state index is 12.0. The minimum absolute atomic E-state index is 0.0324. The molecule has 0 spiro atoms. The number of nitrogens with one attached hydrogen (secondary N) is 1. The first-order valence-corrected chi connectivity index (χ1v) is 6.32. The molecule has 7 heteroatoms. The summed E-state index contributed by atoms with van der Waals surface area (Å²) in [5.74, 6) is -0.497. The number of esters is 1. The quantitative estimate of drug-likeness (QED) is 0.453. The number of H-pyrrole nitrogens is 1. The standard InChI is InChI=1S/C14H11N3O4/c1-2-21-14(18)10-6-15-7-12-13(10)9-5-8(17(19)20)3-4-11(9)16-12/h3-7,16H,2H2,1H3. The number of nitro benzene ring substituents is 1. The van der Waals surface area contributed by atoms with Crippen LogP contribution in [0.3, 0.4) is 0 Å². The van der Waals surface area contributed by atoms with Gasteiger partial charge in [-0.2, -0.15) is 0 Å². The second-order valence-corrected chi connectivity index (χ2v) is 4.44. The molecule has 7 nitrogen and oxygen atoms in total. The Bertz CT molecular complexity index is 869. The Morgan fingerprint density at radius 2 is 2.19 bits per heavy atom. The normalized spacial score (nSPS) is 10.9. The van der Waals surface area contributed by atoms with Crippen molar-refractivity contribution in [3.05, 3.63) is 46.3 Å². The Hall–Kier alpha value is -2.96. The second-order valence-electron chi connectivity index (χ2n) is 4.44. The lowest BCUT2D eigenvalue weighted by Crippen LogP contribution is -2.05. The van der Waals surface area contributed by atoms with Crippen molar-refractivity contribution in [1.82, 2.24) is 9.97 Å². The van der Waals surface area contributed by atoms with Crippen molar-refractivity contribution in [3.8, 4) is 0 Å². The van der Waals surface area contributed by atoms with Crippen LogP contribution in [0.4, 0.5) is 5.69 Å². The number of nitrogens with zero attached hydrogens (tertiary/aromatic N) is 2. The molecule has 21 heavy (non-hydrogen) atoms. The minimum atomic E-state index is -0.497. The number of fused-ring (bicyclic) bond motifs is 3. The van der Waals surface area contributed by atoms with E-state index in [1.807, 2.05) is 0 Å². The summed E-state index contributed by atoms with van der Waals surface area (Å²) in [7, 11) is 0. The molecule has 1 aromatic carbocycles. The average molecular weight is 285 g/mol. The summed E-state index contributed by atoms with van der Waals surface area (Å²) < 4.78 is 5.01. The zero-order valence-corrected chi connectivity index (χ0v) is 11.1. The first-order valence-electron chi connectivity index (χ1n) is 6.32. The van der Waals surface area contributed by atoms with Gasteiger partial charge < -0.3 is 9.72 Å². The van der Waals surface area contributed by atoms with Crippen molar-refractivity contribution in [2.45, 2.75) is 6.92 Å². The van der Waals surface area contributed by atoms with Crippen molar-refractivity contribution in [1.29, 1.82) is 0 Å². The van der Waals surface area contributed by atoms with Crippen LogP contribution in [0.15, 0.2) is 30.6 Å². The molecule has 0 unspecified atom stereocenters. The van der Waals surface area contributed by atoms with E-state index in [1.54, 1.807) is 19.2 Å². The first kappa shape index (κ1) is 13.0. The van der Waals surface area contributed by atoms with E-state index < -0.39 is 10.9 Å². The summed E-state index contributed by atoms with van der Waals surface area (Å²) in [6.45, 7) is 1.96.